The second kappa shape index (κ2) is 8.27. The summed E-state index contributed by atoms with van der Waals surface area (Å²) in [6.07, 6.45) is 1.92. The van der Waals surface area contributed by atoms with E-state index in [-0.39, 0.29) is 12.1 Å². The molecule has 0 saturated heterocycles. The topological polar surface area (TPSA) is 123 Å². The van der Waals surface area contributed by atoms with E-state index in [1.807, 2.05) is 54.6 Å². The van der Waals surface area contributed by atoms with Gasteiger partial charge in [0.05, 0.1) is 11.4 Å². The van der Waals surface area contributed by atoms with Gasteiger partial charge in [-0.05, 0) is 24.6 Å². The maximum atomic E-state index is 13.2. The van der Waals surface area contributed by atoms with Crippen LogP contribution >= 0.6 is 0 Å². The standard InChI is InChI=1S/C23H21N5O3/c1-14-11-19(28(27-14)20-13-25-17-10-6-5-9-16(17)20)23(31)26-18(21(29)22(24)30)12-15-7-3-2-4-8-15/h2-11,13,18,25H,12H2,1H3,(H2,24,30)(H,26,31). The number of nitrogens with zero attached hydrogens (tertiary/aromatic N) is 2. The number of primary amides is 1. The highest BCUT2D eigenvalue weighted by molar-refractivity contribution is 6.38. The van der Waals surface area contributed by atoms with Crippen LogP contribution in [0.5, 0.6) is 0 Å². The van der Waals surface area contributed by atoms with E-state index in [1.165, 1.54) is 4.68 Å². The first kappa shape index (κ1) is 20.1. The summed E-state index contributed by atoms with van der Waals surface area (Å²) in [5.74, 6) is -2.48. The number of aryl methyl sites for hydroxylation is 1. The Bertz CT molecular complexity index is 1270. The van der Waals surface area contributed by atoms with Crippen LogP contribution in [-0.4, -0.2) is 38.4 Å². The fourth-order valence-corrected chi connectivity index (χ4v) is 3.54. The summed E-state index contributed by atoms with van der Waals surface area (Å²) in [6, 6.07) is 17.3. The molecule has 156 valence electrons. The van der Waals surface area contributed by atoms with Crippen molar-refractivity contribution in [3.05, 3.63) is 83.8 Å². The number of H-pyrrole nitrogens is 1. The third kappa shape index (κ3) is 4.09. The smallest absolute Gasteiger partial charge is 0.287 e. The van der Waals surface area contributed by atoms with Gasteiger partial charge in [0.15, 0.2) is 0 Å². The van der Waals surface area contributed by atoms with Gasteiger partial charge in [-0.2, -0.15) is 5.10 Å². The Labute approximate surface area is 178 Å². The molecule has 8 nitrogen and oxygen atoms in total. The van der Waals surface area contributed by atoms with Crippen LogP contribution in [0, 0.1) is 6.92 Å². The highest BCUT2D eigenvalue weighted by atomic mass is 16.2. The highest BCUT2D eigenvalue weighted by Gasteiger charge is 2.27. The Kier molecular flexibility index (Phi) is 5.36. The third-order valence-electron chi connectivity index (χ3n) is 5.01. The number of ketones is 1. The zero-order valence-electron chi connectivity index (χ0n) is 16.8. The molecule has 0 aliphatic heterocycles. The van der Waals surface area contributed by atoms with Gasteiger partial charge in [-0.15, -0.1) is 0 Å². The molecule has 8 heteroatoms. The summed E-state index contributed by atoms with van der Waals surface area (Å²) in [5, 5.41) is 8.02. The SMILES string of the molecule is Cc1cc(C(=O)NC(Cc2ccccc2)C(=O)C(N)=O)n(-c2c[nH]c3ccccc23)n1. The number of benzene rings is 2. The summed E-state index contributed by atoms with van der Waals surface area (Å²) in [4.78, 5) is 40.3. The number of amides is 2. The minimum absolute atomic E-state index is 0.147. The van der Waals surface area contributed by atoms with Crippen LogP contribution in [0.4, 0.5) is 0 Å². The second-order valence-electron chi connectivity index (χ2n) is 7.25. The van der Waals surface area contributed by atoms with Gasteiger partial charge < -0.3 is 16.0 Å². The number of carbonyl (C=O) groups is 3. The molecule has 0 bridgehead atoms. The number of fused-ring (bicyclic) bond motifs is 1. The predicted octanol–water partition coefficient (Wildman–Crippen LogP) is 2.06. The van der Waals surface area contributed by atoms with Gasteiger partial charge in [0.1, 0.15) is 11.7 Å². The van der Waals surface area contributed by atoms with Crippen LogP contribution in [0.2, 0.25) is 0 Å². The van der Waals surface area contributed by atoms with Crippen molar-refractivity contribution in [3.63, 3.8) is 0 Å². The predicted molar refractivity (Wildman–Crippen MR) is 116 cm³/mol. The van der Waals surface area contributed by atoms with Crippen LogP contribution in [0.3, 0.4) is 0 Å². The average Bonchev–Trinajstić information content (AvgIpc) is 3.36. The molecule has 0 aliphatic rings. The van der Waals surface area contributed by atoms with Crippen molar-refractivity contribution in [3.8, 4) is 5.69 Å². The van der Waals surface area contributed by atoms with Crippen molar-refractivity contribution in [1.82, 2.24) is 20.1 Å². The van der Waals surface area contributed by atoms with Gasteiger partial charge >= 0.3 is 0 Å². The molecule has 2 aromatic heterocycles. The lowest BCUT2D eigenvalue weighted by Crippen LogP contribution is -2.47. The number of Topliss-reactive ketones (excluding diaryl/α,β-unsaturated/α-hetero) is 1. The Morgan fingerprint density at radius 1 is 1.10 bits per heavy atom. The number of hydrogen-bond acceptors (Lipinski definition) is 4. The zero-order chi connectivity index (χ0) is 22.0. The van der Waals surface area contributed by atoms with Crippen molar-refractivity contribution < 1.29 is 14.4 Å². The summed E-state index contributed by atoms with van der Waals surface area (Å²) < 4.78 is 1.53. The van der Waals surface area contributed by atoms with E-state index in [1.54, 1.807) is 19.2 Å². The second-order valence-corrected chi connectivity index (χ2v) is 7.25. The first-order valence-electron chi connectivity index (χ1n) is 9.75. The highest BCUT2D eigenvalue weighted by Crippen LogP contribution is 2.23. The molecule has 2 amide bonds. The molecule has 4 aromatic rings. The number of nitrogens with one attached hydrogen (secondary N) is 2. The molecule has 0 radical (unpaired) electrons. The summed E-state index contributed by atoms with van der Waals surface area (Å²) in [7, 11) is 0. The third-order valence-corrected chi connectivity index (χ3v) is 5.01. The Morgan fingerprint density at radius 3 is 2.55 bits per heavy atom. The van der Waals surface area contributed by atoms with Gasteiger partial charge in [0.2, 0.25) is 5.78 Å². The molecule has 31 heavy (non-hydrogen) atoms. The lowest BCUT2D eigenvalue weighted by Gasteiger charge is -2.17. The van der Waals surface area contributed by atoms with Crippen LogP contribution in [0.1, 0.15) is 21.7 Å². The summed E-state index contributed by atoms with van der Waals surface area (Å²) in [5.41, 5.74) is 8.50. The fourth-order valence-electron chi connectivity index (χ4n) is 3.54. The van der Waals surface area contributed by atoms with Crippen molar-refractivity contribution in [2.45, 2.75) is 19.4 Å². The fraction of sp³-hybridized carbons (Fsp3) is 0.130. The molecule has 4 rings (SSSR count). The van der Waals surface area contributed by atoms with Crippen molar-refractivity contribution >= 4 is 28.5 Å². The molecule has 0 saturated carbocycles. The molecule has 1 unspecified atom stereocenters. The van der Waals surface area contributed by atoms with E-state index in [0.29, 0.717) is 11.4 Å². The number of rotatable bonds is 7. The normalized spacial score (nSPS) is 11.9. The van der Waals surface area contributed by atoms with Crippen LogP contribution in [0.15, 0.2) is 66.9 Å². The van der Waals surface area contributed by atoms with Crippen LogP contribution < -0.4 is 11.1 Å². The quantitative estimate of drug-likeness (QED) is 0.400. The molecule has 1 atom stereocenters. The number of aromatic nitrogens is 3. The summed E-state index contributed by atoms with van der Waals surface area (Å²) in [6.45, 7) is 1.78. The molecule has 0 aliphatic carbocycles. The molecular weight excluding hydrogens is 394 g/mol. The van der Waals surface area contributed by atoms with E-state index >= 15 is 0 Å². The van der Waals surface area contributed by atoms with E-state index in [2.05, 4.69) is 15.4 Å². The molecular formula is C23H21N5O3. The average molecular weight is 415 g/mol. The molecule has 0 fully saturated rings. The number of para-hydroxylation sites is 1. The van der Waals surface area contributed by atoms with Gasteiger partial charge in [0, 0.05) is 23.5 Å². The maximum Gasteiger partial charge on any atom is 0.287 e. The largest absolute Gasteiger partial charge is 0.363 e. The van der Waals surface area contributed by atoms with Crippen molar-refractivity contribution in [1.29, 1.82) is 0 Å². The van der Waals surface area contributed by atoms with Crippen molar-refractivity contribution in [2.75, 3.05) is 0 Å². The van der Waals surface area contributed by atoms with Crippen LogP contribution in [-0.2, 0) is 16.0 Å². The van der Waals surface area contributed by atoms with Gasteiger partial charge in [-0.1, -0.05) is 48.5 Å². The lowest BCUT2D eigenvalue weighted by atomic mass is 10.0. The van der Waals surface area contributed by atoms with Gasteiger partial charge in [-0.25, -0.2) is 4.68 Å². The molecule has 2 aromatic carbocycles. The minimum atomic E-state index is -1.09. The van der Waals surface area contributed by atoms with Gasteiger partial charge in [-0.3, -0.25) is 14.4 Å². The number of hydrogen-bond donors (Lipinski definition) is 3. The van der Waals surface area contributed by atoms with E-state index in [0.717, 1.165) is 16.5 Å². The number of aromatic amines is 1. The Hall–Kier alpha value is -4.20. The first-order valence-corrected chi connectivity index (χ1v) is 9.75. The zero-order valence-corrected chi connectivity index (χ0v) is 16.8. The maximum absolute atomic E-state index is 13.2. The van der Waals surface area contributed by atoms with Crippen molar-refractivity contribution in [2.24, 2.45) is 5.73 Å². The first-order chi connectivity index (χ1) is 14.9. The molecule has 2 heterocycles. The summed E-state index contributed by atoms with van der Waals surface area (Å²) >= 11 is 0. The van der Waals surface area contributed by atoms with Crippen LogP contribution in [0.25, 0.3) is 16.6 Å². The number of nitrogens with two attached hydrogens (primary N) is 1. The van der Waals surface area contributed by atoms with E-state index < -0.39 is 23.6 Å². The van der Waals surface area contributed by atoms with E-state index in [9.17, 15) is 14.4 Å². The monoisotopic (exact) mass is 415 g/mol. The van der Waals surface area contributed by atoms with E-state index in [4.69, 9.17) is 5.73 Å². The molecule has 0 spiro atoms. The lowest BCUT2D eigenvalue weighted by molar-refractivity contribution is -0.137. The molecule has 4 N–H and O–H groups in total. The Balaban J connectivity index is 1.67. The number of carbonyl (C=O) groups excluding carboxylic acids is 3. The van der Waals surface area contributed by atoms with Gasteiger partial charge in [0.25, 0.3) is 11.8 Å². The minimum Gasteiger partial charge on any atom is -0.363 e. The Morgan fingerprint density at radius 2 is 1.81 bits per heavy atom.